The third kappa shape index (κ3) is 1.32. The summed E-state index contributed by atoms with van der Waals surface area (Å²) >= 11 is 0. The monoisotopic (exact) mass is 186 g/mol. The molecule has 0 aliphatic rings. The Kier molecular flexibility index (Phi) is 1.93. The fourth-order valence-corrected chi connectivity index (χ4v) is 1.26. The number of aromatic nitrogens is 1. The minimum atomic E-state index is 0.125. The SMILES string of the molecule is [N-]=[N+]=Nc1nccc2ccc(O)cc12. The first-order valence-corrected chi connectivity index (χ1v) is 3.94. The number of hydrogen-bond donors (Lipinski definition) is 1. The molecule has 0 saturated carbocycles. The Morgan fingerprint density at radius 2 is 2.21 bits per heavy atom. The lowest BCUT2D eigenvalue weighted by Crippen LogP contribution is -1.77. The van der Waals surface area contributed by atoms with E-state index >= 15 is 0 Å². The highest BCUT2D eigenvalue weighted by atomic mass is 16.3. The van der Waals surface area contributed by atoms with Gasteiger partial charge in [-0.05, 0) is 34.2 Å². The summed E-state index contributed by atoms with van der Waals surface area (Å²) in [6.07, 6.45) is 1.56. The first kappa shape index (κ1) is 8.34. The largest absolute Gasteiger partial charge is 0.508 e. The van der Waals surface area contributed by atoms with Crippen LogP contribution in [0.4, 0.5) is 5.82 Å². The quantitative estimate of drug-likeness (QED) is 0.422. The summed E-state index contributed by atoms with van der Waals surface area (Å²) in [5.74, 6) is 0.404. The maximum atomic E-state index is 9.26. The Hall–Kier alpha value is -2.26. The Balaban J connectivity index is 2.83. The minimum absolute atomic E-state index is 0.125. The van der Waals surface area contributed by atoms with E-state index in [1.165, 1.54) is 6.07 Å². The number of phenols is 1. The minimum Gasteiger partial charge on any atom is -0.508 e. The lowest BCUT2D eigenvalue weighted by atomic mass is 10.1. The Labute approximate surface area is 79.3 Å². The predicted octanol–water partition coefficient (Wildman–Crippen LogP) is 2.88. The van der Waals surface area contributed by atoms with Crippen LogP contribution in [-0.2, 0) is 0 Å². The first-order chi connectivity index (χ1) is 6.81. The second kappa shape index (κ2) is 3.24. The molecule has 0 atom stereocenters. The molecule has 1 heterocycles. The van der Waals surface area contributed by atoms with Crippen LogP contribution in [0.15, 0.2) is 35.6 Å². The van der Waals surface area contributed by atoms with Crippen molar-refractivity contribution in [2.24, 2.45) is 5.11 Å². The van der Waals surface area contributed by atoms with Crippen molar-refractivity contribution in [1.82, 2.24) is 4.98 Å². The normalized spacial score (nSPS) is 9.71. The number of phenolic OH excluding ortho intramolecular Hbond substituents is 1. The maximum absolute atomic E-state index is 9.26. The van der Waals surface area contributed by atoms with E-state index < -0.39 is 0 Å². The van der Waals surface area contributed by atoms with Crippen LogP contribution in [0.5, 0.6) is 5.75 Å². The van der Waals surface area contributed by atoms with E-state index in [2.05, 4.69) is 15.0 Å². The molecule has 0 aliphatic heterocycles. The van der Waals surface area contributed by atoms with Crippen molar-refractivity contribution in [3.8, 4) is 5.75 Å². The van der Waals surface area contributed by atoms with Crippen molar-refractivity contribution < 1.29 is 5.11 Å². The van der Waals surface area contributed by atoms with Crippen molar-refractivity contribution in [3.05, 3.63) is 40.9 Å². The number of aromatic hydroxyl groups is 1. The molecule has 0 spiro atoms. The molecule has 2 aromatic rings. The van der Waals surface area contributed by atoms with Crippen molar-refractivity contribution in [1.29, 1.82) is 0 Å². The molecular formula is C9H6N4O. The van der Waals surface area contributed by atoms with E-state index in [9.17, 15) is 5.11 Å². The smallest absolute Gasteiger partial charge is 0.134 e. The Bertz CT molecular complexity index is 531. The first-order valence-electron chi connectivity index (χ1n) is 3.94. The highest BCUT2D eigenvalue weighted by Gasteiger charge is 2.00. The van der Waals surface area contributed by atoms with Gasteiger partial charge in [0.05, 0.1) is 0 Å². The van der Waals surface area contributed by atoms with E-state index in [0.717, 1.165) is 5.39 Å². The van der Waals surface area contributed by atoms with Gasteiger partial charge in [-0.1, -0.05) is 6.07 Å². The van der Waals surface area contributed by atoms with Crippen molar-refractivity contribution in [2.75, 3.05) is 0 Å². The lowest BCUT2D eigenvalue weighted by molar-refractivity contribution is 0.476. The zero-order valence-corrected chi connectivity index (χ0v) is 7.12. The van der Waals surface area contributed by atoms with Crippen molar-refractivity contribution in [2.45, 2.75) is 0 Å². The van der Waals surface area contributed by atoms with Gasteiger partial charge in [-0.3, -0.25) is 4.98 Å². The Morgan fingerprint density at radius 3 is 3.00 bits per heavy atom. The van der Waals surface area contributed by atoms with Gasteiger partial charge in [0.1, 0.15) is 11.6 Å². The van der Waals surface area contributed by atoms with Gasteiger partial charge >= 0.3 is 0 Å². The zero-order chi connectivity index (χ0) is 9.97. The van der Waals surface area contributed by atoms with Crippen LogP contribution < -0.4 is 0 Å². The number of benzene rings is 1. The van der Waals surface area contributed by atoms with Crippen molar-refractivity contribution >= 4 is 16.6 Å². The molecular weight excluding hydrogens is 180 g/mol. The Morgan fingerprint density at radius 1 is 1.36 bits per heavy atom. The number of rotatable bonds is 1. The highest BCUT2D eigenvalue weighted by molar-refractivity contribution is 5.91. The van der Waals surface area contributed by atoms with Crippen molar-refractivity contribution in [3.63, 3.8) is 0 Å². The van der Waals surface area contributed by atoms with Gasteiger partial charge < -0.3 is 5.11 Å². The molecule has 0 bridgehead atoms. The van der Waals surface area contributed by atoms with Gasteiger partial charge in [-0.25, -0.2) is 0 Å². The highest BCUT2D eigenvalue weighted by Crippen LogP contribution is 2.26. The maximum Gasteiger partial charge on any atom is 0.134 e. The van der Waals surface area contributed by atoms with Crippen LogP contribution in [0, 0.1) is 0 Å². The zero-order valence-electron chi connectivity index (χ0n) is 7.12. The molecule has 1 aromatic carbocycles. The second-order valence-corrected chi connectivity index (χ2v) is 2.73. The average molecular weight is 186 g/mol. The number of fused-ring (bicyclic) bond motifs is 1. The number of pyridine rings is 1. The van der Waals surface area contributed by atoms with E-state index in [1.807, 2.05) is 0 Å². The second-order valence-electron chi connectivity index (χ2n) is 2.73. The van der Waals surface area contributed by atoms with Gasteiger partial charge in [-0.15, -0.1) is 0 Å². The average Bonchev–Trinajstić information content (AvgIpc) is 2.19. The molecule has 0 amide bonds. The van der Waals surface area contributed by atoms with Gasteiger partial charge in [0.25, 0.3) is 0 Å². The molecule has 0 saturated heterocycles. The van der Waals surface area contributed by atoms with Crippen LogP contribution in [0.25, 0.3) is 21.2 Å². The molecule has 2 rings (SSSR count). The van der Waals surface area contributed by atoms with Gasteiger partial charge in [0.15, 0.2) is 0 Å². The predicted molar refractivity (Wildman–Crippen MR) is 52.2 cm³/mol. The fraction of sp³-hybridized carbons (Fsp3) is 0. The number of nitrogens with zero attached hydrogens (tertiary/aromatic N) is 4. The molecule has 1 aromatic heterocycles. The third-order valence-corrected chi connectivity index (χ3v) is 1.87. The summed E-state index contributed by atoms with van der Waals surface area (Å²) in [4.78, 5) is 6.57. The van der Waals surface area contributed by atoms with Gasteiger partial charge in [-0.2, -0.15) is 0 Å². The summed E-state index contributed by atoms with van der Waals surface area (Å²) < 4.78 is 0. The third-order valence-electron chi connectivity index (χ3n) is 1.87. The van der Waals surface area contributed by atoms with Gasteiger partial charge in [0.2, 0.25) is 0 Å². The summed E-state index contributed by atoms with van der Waals surface area (Å²) in [6.45, 7) is 0. The molecule has 5 nitrogen and oxygen atoms in total. The molecule has 68 valence electrons. The van der Waals surface area contributed by atoms with E-state index in [-0.39, 0.29) is 11.6 Å². The number of hydrogen-bond acceptors (Lipinski definition) is 3. The molecule has 0 fully saturated rings. The summed E-state index contributed by atoms with van der Waals surface area (Å²) in [5, 5.41) is 14.2. The molecule has 1 N–H and O–H groups in total. The van der Waals surface area contributed by atoms with E-state index in [1.54, 1.807) is 24.4 Å². The van der Waals surface area contributed by atoms with Crippen LogP contribution >= 0.6 is 0 Å². The summed E-state index contributed by atoms with van der Waals surface area (Å²) in [6, 6.07) is 6.61. The molecule has 0 radical (unpaired) electrons. The van der Waals surface area contributed by atoms with Crippen LogP contribution in [0.1, 0.15) is 0 Å². The summed E-state index contributed by atoms with van der Waals surface area (Å²) in [7, 11) is 0. The summed E-state index contributed by atoms with van der Waals surface area (Å²) in [5.41, 5.74) is 8.30. The molecule has 14 heavy (non-hydrogen) atoms. The fourth-order valence-electron chi connectivity index (χ4n) is 1.26. The standard InChI is InChI=1S/C9H6N4O/c10-13-12-9-8-5-7(14)2-1-6(8)3-4-11-9/h1-5,14H. The van der Waals surface area contributed by atoms with E-state index in [0.29, 0.717) is 5.39 Å². The van der Waals surface area contributed by atoms with Crippen LogP contribution in [0.2, 0.25) is 0 Å². The molecule has 5 heteroatoms. The topological polar surface area (TPSA) is 81.9 Å². The molecule has 0 aliphatic carbocycles. The molecule has 0 unspecified atom stereocenters. The van der Waals surface area contributed by atoms with Gasteiger partial charge in [0, 0.05) is 16.5 Å². The lowest BCUT2D eigenvalue weighted by Gasteiger charge is -2.00. The number of azide groups is 1. The van der Waals surface area contributed by atoms with Crippen LogP contribution in [0.3, 0.4) is 0 Å². The van der Waals surface area contributed by atoms with E-state index in [4.69, 9.17) is 5.53 Å². The van der Waals surface area contributed by atoms with Crippen LogP contribution in [-0.4, -0.2) is 10.1 Å².